The lowest BCUT2D eigenvalue weighted by Gasteiger charge is -1.89. The molecule has 0 aromatic rings. The van der Waals surface area contributed by atoms with E-state index in [0.29, 0.717) is 5.57 Å². The van der Waals surface area contributed by atoms with Crippen molar-refractivity contribution in [2.45, 2.75) is 27.7 Å². The van der Waals surface area contributed by atoms with Gasteiger partial charge in [-0.1, -0.05) is 45.6 Å². The van der Waals surface area contributed by atoms with Crippen molar-refractivity contribution in [2.24, 2.45) is 5.73 Å². The smallest absolute Gasteiger partial charge is 0.248 e. The average Bonchev–Trinajstić information content (AvgIpc) is 2.35. The first kappa shape index (κ1) is 14.2. The molecule has 0 aliphatic heterocycles. The number of rotatable bonds is 1. The van der Waals surface area contributed by atoms with Crippen molar-refractivity contribution in [3.63, 3.8) is 0 Å². The molecule has 0 aromatic carbocycles. The highest BCUT2D eigenvalue weighted by Crippen LogP contribution is 2.02. The fourth-order valence-electron chi connectivity index (χ4n) is 0.744. The highest BCUT2D eigenvalue weighted by Gasteiger charge is 1.98. The molecular weight excluding hydrogens is 162 g/mol. The van der Waals surface area contributed by atoms with Crippen LogP contribution in [0.4, 0.5) is 0 Å². The summed E-state index contributed by atoms with van der Waals surface area (Å²) in [7, 11) is 0. The molecule has 1 amide bonds. The van der Waals surface area contributed by atoms with Crippen molar-refractivity contribution in [1.29, 1.82) is 0 Å². The normalized spacial score (nSPS) is 12.9. The van der Waals surface area contributed by atoms with Gasteiger partial charge in [0, 0.05) is 5.57 Å². The fourth-order valence-corrected chi connectivity index (χ4v) is 0.744. The van der Waals surface area contributed by atoms with E-state index in [2.05, 4.69) is 0 Å². The van der Waals surface area contributed by atoms with Crippen LogP contribution in [0.2, 0.25) is 0 Å². The monoisotopic (exact) mass is 181 g/mol. The van der Waals surface area contributed by atoms with Gasteiger partial charge in [0.1, 0.15) is 0 Å². The van der Waals surface area contributed by atoms with Gasteiger partial charge >= 0.3 is 0 Å². The maximum absolute atomic E-state index is 10.6. The first-order valence-electron chi connectivity index (χ1n) is 4.14. The van der Waals surface area contributed by atoms with Gasteiger partial charge in [-0.15, -0.1) is 0 Å². The van der Waals surface area contributed by atoms with E-state index in [1.54, 1.807) is 12.2 Å². The van der Waals surface area contributed by atoms with Crippen LogP contribution >= 0.6 is 0 Å². The van der Waals surface area contributed by atoms with Crippen LogP contribution in [0.1, 0.15) is 27.7 Å². The highest BCUT2D eigenvalue weighted by atomic mass is 16.1. The van der Waals surface area contributed by atoms with Crippen LogP contribution in [0.25, 0.3) is 0 Å². The van der Waals surface area contributed by atoms with Gasteiger partial charge in [-0.05, 0) is 12.5 Å². The van der Waals surface area contributed by atoms with E-state index in [0.717, 1.165) is 6.42 Å². The summed E-state index contributed by atoms with van der Waals surface area (Å²) < 4.78 is 0. The van der Waals surface area contributed by atoms with E-state index in [9.17, 15) is 4.79 Å². The number of hydrogen-bond donors (Lipinski definition) is 1. The van der Waals surface area contributed by atoms with E-state index >= 15 is 0 Å². The number of primary amides is 1. The summed E-state index contributed by atoms with van der Waals surface area (Å²) in [5.74, 6) is -0.372. The molecular formula is C11H19NO. The second kappa shape index (κ2) is 8.78. The van der Waals surface area contributed by atoms with Gasteiger partial charge < -0.3 is 5.73 Å². The molecule has 2 heteroatoms. The van der Waals surface area contributed by atoms with Gasteiger partial charge in [-0.3, -0.25) is 4.79 Å². The van der Waals surface area contributed by atoms with Gasteiger partial charge in [0.15, 0.2) is 0 Å². The second-order valence-corrected chi connectivity index (χ2v) is 2.05. The highest BCUT2D eigenvalue weighted by molar-refractivity contribution is 5.95. The predicted octanol–water partition coefficient (Wildman–Crippen LogP) is 2.58. The summed E-state index contributed by atoms with van der Waals surface area (Å²) in [6.45, 7) is 4.00. The SMILES string of the molecule is C.CC.NC(=O)C1=CC=CCC=C1. The van der Waals surface area contributed by atoms with Crippen LogP contribution in [0.5, 0.6) is 0 Å². The van der Waals surface area contributed by atoms with Crippen molar-refractivity contribution >= 4 is 5.91 Å². The minimum absolute atomic E-state index is 0. The number of carbonyl (C=O) groups excluding carboxylic acids is 1. The van der Waals surface area contributed by atoms with Gasteiger partial charge in [-0.25, -0.2) is 0 Å². The molecule has 0 saturated heterocycles. The minimum atomic E-state index is -0.372. The number of nitrogens with two attached hydrogens (primary N) is 1. The molecule has 1 aliphatic rings. The first-order chi connectivity index (χ1) is 5.80. The Bertz CT molecular complexity index is 224. The van der Waals surface area contributed by atoms with Crippen LogP contribution in [0.3, 0.4) is 0 Å². The number of carbonyl (C=O) groups is 1. The van der Waals surface area contributed by atoms with Crippen molar-refractivity contribution in [3.05, 3.63) is 36.0 Å². The van der Waals surface area contributed by atoms with Gasteiger partial charge in [0.2, 0.25) is 5.91 Å². The van der Waals surface area contributed by atoms with E-state index in [4.69, 9.17) is 5.73 Å². The topological polar surface area (TPSA) is 43.1 Å². The van der Waals surface area contributed by atoms with E-state index in [1.807, 2.05) is 32.1 Å². The zero-order valence-electron chi connectivity index (χ0n) is 7.58. The molecule has 0 saturated carbocycles. The Balaban J connectivity index is 0. The quantitative estimate of drug-likeness (QED) is 0.663. The zero-order valence-corrected chi connectivity index (χ0v) is 7.58. The predicted molar refractivity (Wildman–Crippen MR) is 58.3 cm³/mol. The molecule has 0 unspecified atom stereocenters. The van der Waals surface area contributed by atoms with Crippen molar-refractivity contribution < 1.29 is 4.79 Å². The molecule has 2 N–H and O–H groups in total. The van der Waals surface area contributed by atoms with Crippen LogP contribution < -0.4 is 5.73 Å². The Morgan fingerprint density at radius 1 is 1.38 bits per heavy atom. The summed E-state index contributed by atoms with van der Waals surface area (Å²) >= 11 is 0. The molecule has 0 spiro atoms. The molecule has 0 radical (unpaired) electrons. The third-order valence-corrected chi connectivity index (χ3v) is 1.27. The standard InChI is InChI=1S/C8H9NO.C2H6.CH4/c9-8(10)7-5-3-1-2-4-6-7;1-2;/h1,3-6H,2H2,(H2,9,10);1-2H3;1H4. The summed E-state index contributed by atoms with van der Waals surface area (Å²) in [6.07, 6.45) is 10.0. The molecule has 1 aliphatic carbocycles. The molecule has 74 valence electrons. The maximum Gasteiger partial charge on any atom is 0.248 e. The third-order valence-electron chi connectivity index (χ3n) is 1.27. The fraction of sp³-hybridized carbons (Fsp3) is 0.364. The van der Waals surface area contributed by atoms with E-state index in [-0.39, 0.29) is 13.3 Å². The first-order valence-corrected chi connectivity index (χ1v) is 4.14. The molecule has 2 nitrogen and oxygen atoms in total. The van der Waals surface area contributed by atoms with Crippen LogP contribution in [0.15, 0.2) is 36.0 Å². The summed E-state index contributed by atoms with van der Waals surface area (Å²) in [5, 5.41) is 0. The summed E-state index contributed by atoms with van der Waals surface area (Å²) in [4.78, 5) is 10.6. The Labute approximate surface area is 80.8 Å². The lowest BCUT2D eigenvalue weighted by Crippen LogP contribution is -2.11. The Kier molecular flexibility index (Phi) is 9.61. The van der Waals surface area contributed by atoms with Crippen LogP contribution in [0, 0.1) is 0 Å². The molecule has 0 atom stereocenters. The van der Waals surface area contributed by atoms with E-state index in [1.165, 1.54) is 0 Å². The molecule has 1 rings (SSSR count). The molecule has 0 aromatic heterocycles. The Morgan fingerprint density at radius 2 is 2.00 bits per heavy atom. The van der Waals surface area contributed by atoms with Gasteiger partial charge in [0.25, 0.3) is 0 Å². The van der Waals surface area contributed by atoms with Crippen molar-refractivity contribution in [1.82, 2.24) is 0 Å². The Morgan fingerprint density at radius 3 is 2.54 bits per heavy atom. The number of allylic oxidation sites excluding steroid dienone is 4. The third kappa shape index (κ3) is 5.91. The van der Waals surface area contributed by atoms with Crippen LogP contribution in [-0.2, 0) is 4.79 Å². The second-order valence-electron chi connectivity index (χ2n) is 2.05. The molecule has 0 bridgehead atoms. The van der Waals surface area contributed by atoms with E-state index < -0.39 is 0 Å². The molecule has 0 fully saturated rings. The molecule has 13 heavy (non-hydrogen) atoms. The maximum atomic E-state index is 10.6. The van der Waals surface area contributed by atoms with Crippen molar-refractivity contribution in [3.8, 4) is 0 Å². The minimum Gasteiger partial charge on any atom is -0.366 e. The lowest BCUT2D eigenvalue weighted by atomic mass is 10.2. The number of amides is 1. The van der Waals surface area contributed by atoms with Crippen molar-refractivity contribution in [2.75, 3.05) is 0 Å². The van der Waals surface area contributed by atoms with Crippen LogP contribution in [-0.4, -0.2) is 5.91 Å². The average molecular weight is 181 g/mol. The number of hydrogen-bond acceptors (Lipinski definition) is 1. The molecule has 0 heterocycles. The van der Waals surface area contributed by atoms with Gasteiger partial charge in [0.05, 0.1) is 0 Å². The lowest BCUT2D eigenvalue weighted by molar-refractivity contribution is -0.114. The van der Waals surface area contributed by atoms with Gasteiger partial charge in [-0.2, -0.15) is 0 Å². The summed E-state index contributed by atoms with van der Waals surface area (Å²) in [5.41, 5.74) is 5.61. The zero-order chi connectivity index (χ0) is 9.40. The largest absolute Gasteiger partial charge is 0.366 e. The Hall–Kier alpha value is -1.31. The summed E-state index contributed by atoms with van der Waals surface area (Å²) in [6, 6.07) is 0.